The fraction of sp³-hybridized carbons (Fsp3) is 0.316. The number of ether oxygens (including phenoxy) is 1. The van der Waals surface area contributed by atoms with Gasteiger partial charge in [0.15, 0.2) is 17.5 Å². The molecule has 1 saturated heterocycles. The fourth-order valence-electron chi connectivity index (χ4n) is 2.97. The number of anilines is 1. The summed E-state index contributed by atoms with van der Waals surface area (Å²) in [5, 5.41) is 12.0. The van der Waals surface area contributed by atoms with Crippen molar-refractivity contribution in [3.8, 4) is 0 Å². The number of aliphatic hydroxyl groups excluding tert-OH is 1. The molecule has 0 aromatic heterocycles. The minimum Gasteiger partial charge on any atom is -0.389 e. The Hall–Kier alpha value is -2.54. The van der Waals surface area contributed by atoms with E-state index >= 15 is 0 Å². The summed E-state index contributed by atoms with van der Waals surface area (Å²) in [5.41, 5.74) is -0.733. The van der Waals surface area contributed by atoms with Crippen molar-refractivity contribution in [3.05, 3.63) is 59.2 Å². The zero-order chi connectivity index (χ0) is 22.8. The van der Waals surface area contributed by atoms with Crippen molar-refractivity contribution >= 4 is 21.6 Å². The van der Waals surface area contributed by atoms with Crippen LogP contribution in [0.2, 0.25) is 0 Å². The molecule has 1 aliphatic rings. The molecule has 1 atom stereocenters. The van der Waals surface area contributed by atoms with Crippen LogP contribution in [0.25, 0.3) is 0 Å². The maximum atomic E-state index is 14.4. The van der Waals surface area contributed by atoms with Crippen LogP contribution in [0, 0.1) is 23.3 Å². The summed E-state index contributed by atoms with van der Waals surface area (Å²) in [6.45, 7) is -0.240. The average molecular weight is 462 g/mol. The number of nitrogens with one attached hydrogen (secondary N) is 1. The van der Waals surface area contributed by atoms with E-state index in [1.807, 2.05) is 0 Å². The fourth-order valence-corrected chi connectivity index (χ4v) is 4.58. The Morgan fingerprint density at radius 3 is 2.45 bits per heavy atom. The molecule has 0 aliphatic carbocycles. The van der Waals surface area contributed by atoms with E-state index in [-0.39, 0.29) is 31.9 Å². The van der Waals surface area contributed by atoms with Gasteiger partial charge < -0.3 is 15.2 Å². The van der Waals surface area contributed by atoms with E-state index in [1.165, 1.54) is 0 Å². The van der Waals surface area contributed by atoms with Gasteiger partial charge in [0.1, 0.15) is 10.7 Å². The van der Waals surface area contributed by atoms with Gasteiger partial charge in [-0.3, -0.25) is 4.79 Å². The Morgan fingerprint density at radius 2 is 1.77 bits per heavy atom. The van der Waals surface area contributed by atoms with Crippen LogP contribution in [0.15, 0.2) is 35.2 Å². The normalized spacial score (nSPS) is 18.3. The molecule has 1 unspecified atom stereocenters. The average Bonchev–Trinajstić information content (AvgIpc) is 2.68. The molecule has 0 bridgehead atoms. The summed E-state index contributed by atoms with van der Waals surface area (Å²) >= 11 is 0. The summed E-state index contributed by atoms with van der Waals surface area (Å²) in [6, 6.07) is 3.60. The third kappa shape index (κ3) is 5.21. The standard InChI is InChI=1S/C19H18F4N2O5S/c20-14-3-2-11(19(27)24-12-7-15(21)18(23)16(22)8-12)6-17(14)31(28,29)25-4-1-5-30-10-13(26)9-25/h2-3,6-8,13,26H,1,4-5,9-10H2,(H,24,27). The van der Waals surface area contributed by atoms with Gasteiger partial charge in [-0.05, 0) is 24.6 Å². The summed E-state index contributed by atoms with van der Waals surface area (Å²) in [7, 11) is -4.42. The number of halogens is 4. The van der Waals surface area contributed by atoms with Gasteiger partial charge in [0, 0.05) is 43.1 Å². The van der Waals surface area contributed by atoms with E-state index in [9.17, 15) is 35.9 Å². The molecule has 0 spiro atoms. The van der Waals surface area contributed by atoms with Crippen LogP contribution in [0.4, 0.5) is 23.2 Å². The molecule has 1 amide bonds. The van der Waals surface area contributed by atoms with Gasteiger partial charge in [-0.25, -0.2) is 26.0 Å². The molecule has 1 aliphatic heterocycles. The van der Waals surface area contributed by atoms with E-state index in [4.69, 9.17) is 4.74 Å². The van der Waals surface area contributed by atoms with Crippen molar-refractivity contribution in [2.24, 2.45) is 0 Å². The monoisotopic (exact) mass is 462 g/mol. The van der Waals surface area contributed by atoms with E-state index in [0.29, 0.717) is 18.6 Å². The lowest BCUT2D eigenvalue weighted by molar-refractivity contribution is 0.0119. The zero-order valence-electron chi connectivity index (χ0n) is 15.9. The quantitative estimate of drug-likeness (QED) is 0.537. The number of nitrogens with zero attached hydrogens (tertiary/aromatic N) is 1. The van der Waals surface area contributed by atoms with Crippen molar-refractivity contribution in [1.82, 2.24) is 4.31 Å². The highest BCUT2D eigenvalue weighted by Crippen LogP contribution is 2.24. The molecule has 7 nitrogen and oxygen atoms in total. The number of sulfonamides is 1. The van der Waals surface area contributed by atoms with E-state index in [1.54, 1.807) is 0 Å². The number of benzene rings is 2. The minimum atomic E-state index is -4.42. The van der Waals surface area contributed by atoms with Crippen LogP contribution in [0.3, 0.4) is 0 Å². The van der Waals surface area contributed by atoms with Crippen molar-refractivity contribution < 1.29 is 40.6 Å². The SMILES string of the molecule is O=C(Nc1cc(F)c(F)c(F)c1)c1ccc(F)c(S(=O)(=O)N2CCCOCC(O)C2)c1. The molecule has 2 N–H and O–H groups in total. The second-order valence-corrected chi connectivity index (χ2v) is 8.70. The van der Waals surface area contributed by atoms with Gasteiger partial charge in [-0.2, -0.15) is 4.31 Å². The highest BCUT2D eigenvalue weighted by molar-refractivity contribution is 7.89. The van der Waals surface area contributed by atoms with Crippen LogP contribution >= 0.6 is 0 Å². The summed E-state index contributed by atoms with van der Waals surface area (Å²) < 4.78 is 86.0. The molecule has 0 saturated carbocycles. The number of aliphatic hydroxyl groups is 1. The maximum absolute atomic E-state index is 14.4. The summed E-state index contributed by atoms with van der Waals surface area (Å²) in [4.78, 5) is 11.6. The van der Waals surface area contributed by atoms with Crippen molar-refractivity contribution in [3.63, 3.8) is 0 Å². The van der Waals surface area contributed by atoms with E-state index < -0.39 is 55.9 Å². The van der Waals surface area contributed by atoms with Crippen molar-refractivity contribution in [2.75, 3.05) is 31.6 Å². The first-order valence-corrected chi connectivity index (χ1v) is 10.5. The van der Waals surface area contributed by atoms with Gasteiger partial charge >= 0.3 is 0 Å². The van der Waals surface area contributed by atoms with Crippen LogP contribution in [-0.4, -0.2) is 56.1 Å². The number of carbonyl (C=O) groups is 1. The molecule has 1 fully saturated rings. The van der Waals surface area contributed by atoms with Crippen molar-refractivity contribution in [2.45, 2.75) is 17.4 Å². The van der Waals surface area contributed by atoms with Gasteiger partial charge in [-0.1, -0.05) is 0 Å². The lowest BCUT2D eigenvalue weighted by Gasteiger charge is -2.27. The van der Waals surface area contributed by atoms with Gasteiger partial charge in [0.05, 0.1) is 12.7 Å². The van der Waals surface area contributed by atoms with Gasteiger partial charge in [-0.15, -0.1) is 0 Å². The third-order valence-corrected chi connectivity index (χ3v) is 6.35. The topological polar surface area (TPSA) is 95.9 Å². The number of carbonyl (C=O) groups excluding carboxylic acids is 1. The highest BCUT2D eigenvalue weighted by Gasteiger charge is 2.31. The number of β-amino-alcohol motifs (C(OH)–C–C–N with tert-alkyl or cyclic N) is 1. The van der Waals surface area contributed by atoms with Crippen LogP contribution < -0.4 is 5.32 Å². The van der Waals surface area contributed by atoms with Crippen LogP contribution in [-0.2, 0) is 14.8 Å². The molecular weight excluding hydrogens is 444 g/mol. The van der Waals surface area contributed by atoms with Crippen LogP contribution in [0.5, 0.6) is 0 Å². The molecule has 1 heterocycles. The zero-order valence-corrected chi connectivity index (χ0v) is 16.8. The Balaban J connectivity index is 1.89. The lowest BCUT2D eigenvalue weighted by Crippen LogP contribution is -2.42. The molecule has 2 aromatic rings. The minimum absolute atomic E-state index is 0.0383. The predicted molar refractivity (Wildman–Crippen MR) is 101 cm³/mol. The highest BCUT2D eigenvalue weighted by atomic mass is 32.2. The molecule has 12 heteroatoms. The number of hydrogen-bond acceptors (Lipinski definition) is 5. The molecule has 168 valence electrons. The Labute approximate surface area is 175 Å². The third-order valence-electron chi connectivity index (χ3n) is 4.47. The number of amides is 1. The Bertz CT molecular complexity index is 1070. The molecule has 3 rings (SSSR count). The second kappa shape index (κ2) is 9.30. The first-order valence-electron chi connectivity index (χ1n) is 9.11. The largest absolute Gasteiger partial charge is 0.389 e. The molecule has 2 aromatic carbocycles. The smallest absolute Gasteiger partial charge is 0.255 e. The number of rotatable bonds is 4. The first kappa shape index (κ1) is 23.1. The van der Waals surface area contributed by atoms with Crippen LogP contribution in [0.1, 0.15) is 16.8 Å². The molecule has 0 radical (unpaired) electrons. The van der Waals surface area contributed by atoms with Gasteiger partial charge in [0.25, 0.3) is 5.91 Å². The van der Waals surface area contributed by atoms with E-state index in [0.717, 1.165) is 22.5 Å². The van der Waals surface area contributed by atoms with E-state index in [2.05, 4.69) is 5.32 Å². The van der Waals surface area contributed by atoms with Crippen molar-refractivity contribution in [1.29, 1.82) is 0 Å². The summed E-state index contributed by atoms with van der Waals surface area (Å²) in [5.74, 6) is -6.89. The molecular formula is C19H18F4N2O5S. The predicted octanol–water partition coefficient (Wildman–Crippen LogP) is 2.27. The Morgan fingerprint density at radius 1 is 1.10 bits per heavy atom. The van der Waals surface area contributed by atoms with Gasteiger partial charge in [0.2, 0.25) is 10.0 Å². The first-order chi connectivity index (χ1) is 14.6. The Kier molecular flexibility index (Phi) is 6.94. The maximum Gasteiger partial charge on any atom is 0.255 e. The molecule has 31 heavy (non-hydrogen) atoms. The number of hydrogen-bond donors (Lipinski definition) is 2. The second-order valence-electron chi connectivity index (χ2n) is 6.80. The summed E-state index contributed by atoms with van der Waals surface area (Å²) in [6.07, 6.45) is -0.803. The lowest BCUT2D eigenvalue weighted by atomic mass is 10.2.